The molecule has 0 atom stereocenters. The molecule has 4 rings (SSSR count). The van der Waals surface area contributed by atoms with Crippen molar-refractivity contribution >= 4 is 23.2 Å². The Balaban J connectivity index is 1.45. The smallest absolute Gasteiger partial charge is 0.264 e. The fourth-order valence-electron chi connectivity index (χ4n) is 3.40. The predicted molar refractivity (Wildman–Crippen MR) is 110 cm³/mol. The monoisotopic (exact) mass is 392 g/mol. The van der Waals surface area contributed by atoms with Gasteiger partial charge in [-0.1, -0.05) is 42.5 Å². The van der Waals surface area contributed by atoms with Crippen molar-refractivity contribution in [3.05, 3.63) is 76.5 Å². The second kappa shape index (κ2) is 7.86. The number of rotatable bonds is 3. The maximum absolute atomic E-state index is 13.0. The number of benzene rings is 2. The van der Waals surface area contributed by atoms with Crippen LogP contribution in [-0.2, 0) is 0 Å². The zero-order valence-corrected chi connectivity index (χ0v) is 16.1. The van der Waals surface area contributed by atoms with Crippen LogP contribution in [0.3, 0.4) is 0 Å². The van der Waals surface area contributed by atoms with Crippen molar-refractivity contribution in [3.63, 3.8) is 0 Å². The molecule has 142 valence electrons. The lowest BCUT2D eigenvalue weighted by atomic mass is 10.1. The third-order valence-electron chi connectivity index (χ3n) is 4.93. The minimum absolute atomic E-state index is 0.00325. The highest BCUT2D eigenvalue weighted by atomic mass is 32.1. The first kappa shape index (κ1) is 18.3. The van der Waals surface area contributed by atoms with Gasteiger partial charge in [-0.2, -0.15) is 0 Å². The van der Waals surface area contributed by atoms with Crippen LogP contribution in [0, 0.1) is 0 Å². The summed E-state index contributed by atoms with van der Waals surface area (Å²) < 4.78 is 0. The molecule has 3 aromatic rings. The van der Waals surface area contributed by atoms with Gasteiger partial charge in [-0.3, -0.25) is 9.59 Å². The van der Waals surface area contributed by atoms with Crippen LogP contribution in [0.5, 0.6) is 5.75 Å². The molecule has 2 aromatic carbocycles. The van der Waals surface area contributed by atoms with Crippen molar-refractivity contribution in [1.29, 1.82) is 0 Å². The SMILES string of the molecule is O=C(c1ccccc1O)N1CCN(C(=O)c2sccc2-c2ccccc2)CC1. The number of phenolic OH excluding ortho intramolecular Hbond substituents is 1. The number of phenols is 1. The molecule has 1 aliphatic rings. The van der Waals surface area contributed by atoms with Crippen molar-refractivity contribution < 1.29 is 14.7 Å². The number of piperazine rings is 1. The minimum Gasteiger partial charge on any atom is -0.507 e. The summed E-state index contributed by atoms with van der Waals surface area (Å²) in [6, 6.07) is 18.4. The first-order valence-electron chi connectivity index (χ1n) is 9.14. The summed E-state index contributed by atoms with van der Waals surface area (Å²) in [6.45, 7) is 1.85. The molecule has 1 aliphatic heterocycles. The second-order valence-corrected chi connectivity index (χ2v) is 7.55. The van der Waals surface area contributed by atoms with E-state index >= 15 is 0 Å². The lowest BCUT2D eigenvalue weighted by Gasteiger charge is -2.34. The van der Waals surface area contributed by atoms with E-state index in [9.17, 15) is 14.7 Å². The maximum Gasteiger partial charge on any atom is 0.264 e. The lowest BCUT2D eigenvalue weighted by Crippen LogP contribution is -2.50. The molecule has 0 saturated carbocycles. The fraction of sp³-hybridized carbons (Fsp3) is 0.182. The summed E-state index contributed by atoms with van der Waals surface area (Å²) in [5.41, 5.74) is 2.27. The van der Waals surface area contributed by atoms with Gasteiger partial charge in [0, 0.05) is 31.7 Å². The number of carbonyl (C=O) groups excluding carboxylic acids is 2. The quantitative estimate of drug-likeness (QED) is 0.739. The van der Waals surface area contributed by atoms with Crippen molar-refractivity contribution in [2.24, 2.45) is 0 Å². The van der Waals surface area contributed by atoms with Crippen molar-refractivity contribution in [2.75, 3.05) is 26.2 Å². The molecule has 0 spiro atoms. The molecule has 5 nitrogen and oxygen atoms in total. The van der Waals surface area contributed by atoms with Gasteiger partial charge in [-0.05, 0) is 29.1 Å². The van der Waals surface area contributed by atoms with Crippen molar-refractivity contribution in [3.8, 4) is 16.9 Å². The van der Waals surface area contributed by atoms with Gasteiger partial charge in [-0.15, -0.1) is 11.3 Å². The van der Waals surface area contributed by atoms with Gasteiger partial charge in [0.25, 0.3) is 11.8 Å². The molecule has 1 fully saturated rings. The molecule has 2 amide bonds. The Morgan fingerprint density at radius 2 is 1.39 bits per heavy atom. The number of carbonyl (C=O) groups is 2. The van der Waals surface area contributed by atoms with Gasteiger partial charge >= 0.3 is 0 Å². The van der Waals surface area contributed by atoms with Crippen LogP contribution < -0.4 is 0 Å². The molecular formula is C22H20N2O3S. The summed E-state index contributed by atoms with van der Waals surface area (Å²) in [7, 11) is 0. The summed E-state index contributed by atoms with van der Waals surface area (Å²) >= 11 is 1.45. The van der Waals surface area contributed by atoms with Crippen LogP contribution in [0.2, 0.25) is 0 Å². The Bertz CT molecular complexity index is 992. The Labute approximate surface area is 167 Å². The van der Waals surface area contributed by atoms with Crippen molar-refractivity contribution in [1.82, 2.24) is 9.80 Å². The molecule has 28 heavy (non-hydrogen) atoms. The van der Waals surface area contributed by atoms with Gasteiger partial charge in [0.2, 0.25) is 0 Å². The van der Waals surface area contributed by atoms with E-state index in [0.717, 1.165) is 16.0 Å². The number of nitrogens with zero attached hydrogens (tertiary/aromatic N) is 2. The van der Waals surface area contributed by atoms with Crippen LogP contribution >= 0.6 is 11.3 Å². The molecule has 1 N–H and O–H groups in total. The second-order valence-electron chi connectivity index (χ2n) is 6.63. The highest BCUT2D eigenvalue weighted by Gasteiger charge is 2.28. The fourth-order valence-corrected chi connectivity index (χ4v) is 4.28. The average Bonchev–Trinajstić information content (AvgIpc) is 3.24. The molecule has 0 unspecified atom stereocenters. The van der Waals surface area contributed by atoms with E-state index in [0.29, 0.717) is 31.7 Å². The van der Waals surface area contributed by atoms with Gasteiger partial charge in [0.05, 0.1) is 10.4 Å². The Kier molecular flexibility index (Phi) is 5.12. The Morgan fingerprint density at radius 1 is 0.786 bits per heavy atom. The van der Waals surface area contributed by atoms with Gasteiger partial charge in [-0.25, -0.2) is 0 Å². The molecule has 0 bridgehead atoms. The van der Waals surface area contributed by atoms with E-state index in [4.69, 9.17) is 0 Å². The topological polar surface area (TPSA) is 60.9 Å². The van der Waals surface area contributed by atoms with Crippen LogP contribution in [0.15, 0.2) is 66.0 Å². The van der Waals surface area contributed by atoms with Crippen molar-refractivity contribution in [2.45, 2.75) is 0 Å². The minimum atomic E-state index is -0.203. The Hall–Kier alpha value is -3.12. The van der Waals surface area contributed by atoms with Gasteiger partial charge in [0.15, 0.2) is 0 Å². The van der Waals surface area contributed by atoms with Gasteiger partial charge < -0.3 is 14.9 Å². The largest absolute Gasteiger partial charge is 0.507 e. The van der Waals surface area contributed by atoms with Crippen LogP contribution in [0.1, 0.15) is 20.0 Å². The third kappa shape index (κ3) is 3.51. The number of aromatic hydroxyl groups is 1. The normalized spacial score (nSPS) is 14.1. The van der Waals surface area contributed by atoms with Crippen LogP contribution in [0.25, 0.3) is 11.1 Å². The van der Waals surface area contributed by atoms with Crippen LogP contribution in [-0.4, -0.2) is 52.9 Å². The molecule has 6 heteroatoms. The lowest BCUT2D eigenvalue weighted by molar-refractivity contribution is 0.0536. The maximum atomic E-state index is 13.0. The van der Waals surface area contributed by atoms with E-state index < -0.39 is 0 Å². The Morgan fingerprint density at radius 3 is 2.07 bits per heavy atom. The highest BCUT2D eigenvalue weighted by Crippen LogP contribution is 2.29. The number of thiophene rings is 1. The van der Waals surface area contributed by atoms with E-state index in [-0.39, 0.29) is 17.6 Å². The summed E-state index contributed by atoms with van der Waals surface area (Å²) in [4.78, 5) is 29.9. The number of amides is 2. The molecule has 0 aliphatic carbocycles. The molecular weight excluding hydrogens is 372 g/mol. The zero-order chi connectivity index (χ0) is 19.5. The van der Waals surface area contributed by atoms with Gasteiger partial charge in [0.1, 0.15) is 5.75 Å². The number of hydrogen-bond donors (Lipinski definition) is 1. The zero-order valence-electron chi connectivity index (χ0n) is 15.2. The van der Waals surface area contributed by atoms with E-state index in [1.54, 1.807) is 28.0 Å². The van der Waals surface area contributed by atoms with Crippen LogP contribution in [0.4, 0.5) is 0 Å². The van der Waals surface area contributed by atoms with E-state index in [1.165, 1.54) is 17.4 Å². The highest BCUT2D eigenvalue weighted by molar-refractivity contribution is 7.12. The summed E-state index contributed by atoms with van der Waals surface area (Å²) in [6.07, 6.45) is 0. The molecule has 1 aromatic heterocycles. The number of para-hydroxylation sites is 1. The predicted octanol–water partition coefficient (Wildman–Crippen LogP) is 3.72. The first-order chi connectivity index (χ1) is 13.6. The standard InChI is InChI=1S/C22H20N2O3S/c25-19-9-5-4-8-18(19)21(26)23-11-13-24(14-12-23)22(27)20-17(10-15-28-20)16-6-2-1-3-7-16/h1-10,15,25H,11-14H2. The summed E-state index contributed by atoms with van der Waals surface area (Å²) in [5, 5.41) is 11.8. The molecule has 0 radical (unpaired) electrons. The summed E-state index contributed by atoms with van der Waals surface area (Å²) in [5.74, 6) is -0.216. The molecule has 1 saturated heterocycles. The third-order valence-corrected chi connectivity index (χ3v) is 5.84. The molecule has 2 heterocycles. The first-order valence-corrected chi connectivity index (χ1v) is 10.0. The number of hydrogen-bond acceptors (Lipinski definition) is 4. The average molecular weight is 392 g/mol. The van der Waals surface area contributed by atoms with E-state index in [2.05, 4.69) is 0 Å². The van der Waals surface area contributed by atoms with E-state index in [1.807, 2.05) is 41.8 Å².